The summed E-state index contributed by atoms with van der Waals surface area (Å²) in [5.41, 5.74) is 0.307. The summed E-state index contributed by atoms with van der Waals surface area (Å²) in [4.78, 5) is 23.8. The van der Waals surface area contributed by atoms with Crippen LogP contribution in [0.25, 0.3) is 0 Å². The van der Waals surface area contributed by atoms with Crippen LogP contribution in [-0.2, 0) is 9.53 Å². The first-order chi connectivity index (χ1) is 12.0. The van der Waals surface area contributed by atoms with Crippen molar-refractivity contribution in [3.63, 3.8) is 0 Å². The Hall–Kier alpha value is -2.89. The van der Waals surface area contributed by atoms with Crippen molar-refractivity contribution >= 4 is 11.9 Å². The molecule has 0 aliphatic carbocycles. The molecular weight excluding hydrogens is 325 g/mol. The quantitative estimate of drug-likeness (QED) is 0.777. The largest absolute Gasteiger partial charge is 0.457 e. The molecule has 1 atom stereocenters. The van der Waals surface area contributed by atoms with Gasteiger partial charge in [-0.1, -0.05) is 6.92 Å². The summed E-state index contributed by atoms with van der Waals surface area (Å²) in [6.07, 6.45) is -0.0590. The third-order valence-electron chi connectivity index (χ3n) is 3.34. The number of benzene rings is 2. The second kappa shape index (κ2) is 8.82. The van der Waals surface area contributed by atoms with Crippen molar-refractivity contribution in [2.45, 2.75) is 26.4 Å². The van der Waals surface area contributed by atoms with Crippen LogP contribution in [0.15, 0.2) is 48.5 Å². The smallest absolute Gasteiger partial charge is 0.338 e. The number of hydrogen-bond acceptors (Lipinski definition) is 4. The zero-order valence-electron chi connectivity index (χ0n) is 14.1. The molecule has 5 nitrogen and oxygen atoms in total. The maximum Gasteiger partial charge on any atom is 0.338 e. The van der Waals surface area contributed by atoms with E-state index >= 15 is 0 Å². The van der Waals surface area contributed by atoms with Crippen LogP contribution < -0.4 is 10.1 Å². The van der Waals surface area contributed by atoms with E-state index in [1.54, 1.807) is 12.1 Å². The van der Waals surface area contributed by atoms with E-state index in [9.17, 15) is 14.0 Å². The minimum absolute atomic E-state index is 0.307. The fourth-order valence-corrected chi connectivity index (χ4v) is 1.97. The van der Waals surface area contributed by atoms with Gasteiger partial charge in [0.1, 0.15) is 17.3 Å². The minimum atomic E-state index is -0.866. The number of halogens is 1. The monoisotopic (exact) mass is 345 g/mol. The van der Waals surface area contributed by atoms with Crippen molar-refractivity contribution in [3.8, 4) is 11.5 Å². The highest BCUT2D eigenvalue weighted by molar-refractivity contribution is 5.92. The number of esters is 1. The van der Waals surface area contributed by atoms with Gasteiger partial charge in [-0.15, -0.1) is 0 Å². The molecule has 2 aromatic carbocycles. The molecule has 2 rings (SSSR count). The molecule has 0 saturated carbocycles. The molecule has 0 fully saturated rings. The summed E-state index contributed by atoms with van der Waals surface area (Å²) in [5.74, 6) is -0.281. The summed E-state index contributed by atoms with van der Waals surface area (Å²) in [6, 6.07) is 11.9. The predicted molar refractivity (Wildman–Crippen MR) is 91.1 cm³/mol. The summed E-state index contributed by atoms with van der Waals surface area (Å²) >= 11 is 0. The summed E-state index contributed by atoms with van der Waals surface area (Å²) in [6.45, 7) is 4.00. The fourth-order valence-electron chi connectivity index (χ4n) is 1.97. The number of nitrogens with one attached hydrogen (secondary N) is 1. The van der Waals surface area contributed by atoms with E-state index in [4.69, 9.17) is 9.47 Å². The van der Waals surface area contributed by atoms with Gasteiger partial charge in [0, 0.05) is 6.54 Å². The van der Waals surface area contributed by atoms with Gasteiger partial charge in [-0.2, -0.15) is 0 Å². The first-order valence-corrected chi connectivity index (χ1v) is 8.01. The molecule has 0 aliphatic rings. The van der Waals surface area contributed by atoms with Crippen LogP contribution in [0.4, 0.5) is 4.39 Å². The summed E-state index contributed by atoms with van der Waals surface area (Å²) in [5, 5.41) is 2.67. The van der Waals surface area contributed by atoms with Crippen molar-refractivity contribution in [2.24, 2.45) is 0 Å². The Bertz CT molecular complexity index is 713. The number of rotatable bonds is 7. The highest BCUT2D eigenvalue weighted by Crippen LogP contribution is 2.22. The first kappa shape index (κ1) is 18.4. The first-order valence-electron chi connectivity index (χ1n) is 8.01. The van der Waals surface area contributed by atoms with Gasteiger partial charge >= 0.3 is 5.97 Å². The van der Waals surface area contributed by atoms with Crippen LogP contribution in [0.2, 0.25) is 0 Å². The fraction of sp³-hybridized carbons (Fsp3) is 0.263. The van der Waals surface area contributed by atoms with Crippen LogP contribution in [0.1, 0.15) is 30.6 Å². The Balaban J connectivity index is 1.93. The number of carbonyl (C=O) groups excluding carboxylic acids is 2. The zero-order chi connectivity index (χ0) is 18.2. The number of amides is 1. The van der Waals surface area contributed by atoms with Crippen LogP contribution in [0, 0.1) is 5.82 Å². The number of ether oxygens (including phenoxy) is 2. The molecule has 1 unspecified atom stereocenters. The Labute approximate surface area is 145 Å². The van der Waals surface area contributed by atoms with Gasteiger partial charge in [0.15, 0.2) is 6.10 Å². The second-order valence-corrected chi connectivity index (χ2v) is 5.42. The third-order valence-corrected chi connectivity index (χ3v) is 3.34. The second-order valence-electron chi connectivity index (χ2n) is 5.42. The van der Waals surface area contributed by atoms with Crippen LogP contribution in [-0.4, -0.2) is 24.5 Å². The lowest BCUT2D eigenvalue weighted by atomic mass is 10.2. The topological polar surface area (TPSA) is 64.6 Å². The average Bonchev–Trinajstić information content (AvgIpc) is 2.62. The molecule has 0 bridgehead atoms. The van der Waals surface area contributed by atoms with E-state index in [0.717, 1.165) is 6.42 Å². The average molecular weight is 345 g/mol. The van der Waals surface area contributed by atoms with Gasteiger partial charge in [-0.25, -0.2) is 9.18 Å². The van der Waals surface area contributed by atoms with Gasteiger partial charge in [-0.05, 0) is 61.9 Å². The van der Waals surface area contributed by atoms with Crippen LogP contribution >= 0.6 is 0 Å². The molecule has 0 aliphatic heterocycles. The molecule has 25 heavy (non-hydrogen) atoms. The van der Waals surface area contributed by atoms with Gasteiger partial charge in [0.25, 0.3) is 5.91 Å². The SMILES string of the molecule is CCCNC(=O)C(C)OC(=O)c1ccc(Oc2ccc(F)cc2)cc1. The lowest BCUT2D eigenvalue weighted by Crippen LogP contribution is -2.36. The normalized spacial score (nSPS) is 11.5. The standard InChI is InChI=1S/C19H20FNO4/c1-3-12-21-18(22)13(2)24-19(23)14-4-8-16(9-5-14)25-17-10-6-15(20)7-11-17/h4-11,13H,3,12H2,1-2H3,(H,21,22). The molecule has 132 valence electrons. The molecule has 6 heteroatoms. The maximum absolute atomic E-state index is 12.9. The molecule has 0 aromatic heterocycles. The molecule has 0 heterocycles. The van der Waals surface area contributed by atoms with E-state index in [-0.39, 0.29) is 11.7 Å². The molecule has 0 radical (unpaired) electrons. The van der Waals surface area contributed by atoms with E-state index in [1.807, 2.05) is 6.92 Å². The minimum Gasteiger partial charge on any atom is -0.457 e. The van der Waals surface area contributed by atoms with Crippen molar-refractivity contribution in [1.82, 2.24) is 5.32 Å². The van der Waals surface area contributed by atoms with Crippen LogP contribution in [0.3, 0.4) is 0 Å². The van der Waals surface area contributed by atoms with Gasteiger partial charge in [0.05, 0.1) is 5.56 Å². The van der Waals surface area contributed by atoms with E-state index in [2.05, 4.69) is 5.32 Å². The Morgan fingerprint density at radius 3 is 2.16 bits per heavy atom. The summed E-state index contributed by atoms with van der Waals surface area (Å²) < 4.78 is 23.5. The Kier molecular flexibility index (Phi) is 6.51. The highest BCUT2D eigenvalue weighted by atomic mass is 19.1. The van der Waals surface area contributed by atoms with Crippen molar-refractivity contribution in [3.05, 3.63) is 59.9 Å². The van der Waals surface area contributed by atoms with Crippen molar-refractivity contribution < 1.29 is 23.5 Å². The molecule has 1 amide bonds. The molecule has 0 saturated heterocycles. The van der Waals surface area contributed by atoms with Gasteiger partial charge < -0.3 is 14.8 Å². The van der Waals surface area contributed by atoms with Crippen molar-refractivity contribution in [2.75, 3.05) is 6.54 Å². The third kappa shape index (κ3) is 5.60. The van der Waals surface area contributed by atoms with Crippen LogP contribution in [0.5, 0.6) is 11.5 Å². The van der Waals surface area contributed by atoms with Crippen molar-refractivity contribution in [1.29, 1.82) is 0 Å². The lowest BCUT2D eigenvalue weighted by Gasteiger charge is -2.13. The maximum atomic E-state index is 12.9. The molecule has 1 N–H and O–H groups in total. The van der Waals surface area contributed by atoms with E-state index in [1.165, 1.54) is 43.3 Å². The van der Waals surface area contributed by atoms with Gasteiger partial charge in [-0.3, -0.25) is 4.79 Å². The molecule has 2 aromatic rings. The summed E-state index contributed by atoms with van der Waals surface area (Å²) in [7, 11) is 0. The Morgan fingerprint density at radius 1 is 1.04 bits per heavy atom. The van der Waals surface area contributed by atoms with Gasteiger partial charge in [0.2, 0.25) is 0 Å². The molecular formula is C19H20FNO4. The zero-order valence-corrected chi connectivity index (χ0v) is 14.1. The predicted octanol–water partition coefficient (Wildman–Crippen LogP) is 3.69. The lowest BCUT2D eigenvalue weighted by molar-refractivity contribution is -0.129. The van der Waals surface area contributed by atoms with E-state index < -0.39 is 12.1 Å². The number of carbonyl (C=O) groups is 2. The number of hydrogen-bond donors (Lipinski definition) is 1. The Morgan fingerprint density at radius 2 is 1.60 bits per heavy atom. The molecule has 0 spiro atoms. The highest BCUT2D eigenvalue weighted by Gasteiger charge is 2.18. The van der Waals surface area contributed by atoms with E-state index in [0.29, 0.717) is 23.6 Å².